The van der Waals surface area contributed by atoms with E-state index >= 15 is 0 Å². The summed E-state index contributed by atoms with van der Waals surface area (Å²) >= 11 is 0. The first-order chi connectivity index (χ1) is 48.8. The first kappa shape index (κ1) is 99.1. The number of carbonyl (C=O) groups is 4. The van der Waals surface area contributed by atoms with E-state index < -0.39 is 97.5 Å². The van der Waals surface area contributed by atoms with Crippen molar-refractivity contribution in [1.82, 2.24) is 0 Å². The van der Waals surface area contributed by atoms with Crippen LogP contribution in [0.15, 0.2) is 0 Å². The fraction of sp³-hybridized carbons (Fsp3) is 0.951. The van der Waals surface area contributed by atoms with Crippen LogP contribution >= 0.6 is 15.6 Å². The van der Waals surface area contributed by atoms with Crippen LogP contribution in [0.25, 0.3) is 0 Å². The van der Waals surface area contributed by atoms with Crippen molar-refractivity contribution in [2.45, 2.75) is 446 Å². The highest BCUT2D eigenvalue weighted by atomic mass is 31.2. The van der Waals surface area contributed by atoms with Crippen molar-refractivity contribution < 1.29 is 80.2 Å². The van der Waals surface area contributed by atoms with E-state index in [2.05, 4.69) is 48.5 Å². The Morgan fingerprint density at radius 2 is 0.505 bits per heavy atom. The van der Waals surface area contributed by atoms with Crippen LogP contribution in [0.1, 0.15) is 427 Å². The number of hydrogen-bond acceptors (Lipinski definition) is 15. The average molecular weight is 1480 g/mol. The zero-order valence-corrected chi connectivity index (χ0v) is 68.2. The van der Waals surface area contributed by atoms with Crippen LogP contribution in [-0.2, 0) is 65.4 Å². The van der Waals surface area contributed by atoms with Gasteiger partial charge in [0, 0.05) is 25.7 Å². The molecule has 0 spiro atoms. The molecule has 17 nitrogen and oxygen atoms in total. The number of esters is 4. The molecule has 7 atom stereocenters. The third kappa shape index (κ3) is 73.4. The number of carbonyl (C=O) groups excluding carboxylic acids is 4. The third-order valence-electron chi connectivity index (χ3n) is 19.9. The summed E-state index contributed by atoms with van der Waals surface area (Å²) in [5, 5.41) is 10.6. The highest BCUT2D eigenvalue weighted by Gasteiger charge is 2.30. The van der Waals surface area contributed by atoms with Crippen LogP contribution in [0, 0.1) is 17.8 Å². The predicted molar refractivity (Wildman–Crippen MR) is 414 cm³/mol. The van der Waals surface area contributed by atoms with Gasteiger partial charge in [-0.3, -0.25) is 37.3 Å². The largest absolute Gasteiger partial charge is 0.472 e. The van der Waals surface area contributed by atoms with Gasteiger partial charge < -0.3 is 33.8 Å². The zero-order valence-electron chi connectivity index (χ0n) is 66.4. The number of unbranched alkanes of at least 4 members (excludes halogenated alkanes) is 46. The van der Waals surface area contributed by atoms with Crippen LogP contribution in [0.3, 0.4) is 0 Å². The number of ether oxygens (including phenoxy) is 4. The first-order valence-corrected chi connectivity index (χ1v) is 45.4. The van der Waals surface area contributed by atoms with E-state index in [4.69, 9.17) is 37.0 Å². The van der Waals surface area contributed by atoms with Crippen LogP contribution in [0.4, 0.5) is 0 Å². The molecule has 0 aromatic heterocycles. The number of aliphatic hydroxyl groups excluding tert-OH is 1. The Bertz CT molecular complexity index is 1960. The van der Waals surface area contributed by atoms with Crippen LogP contribution in [-0.4, -0.2) is 96.7 Å². The minimum atomic E-state index is -4.96. The minimum absolute atomic E-state index is 0.103. The van der Waals surface area contributed by atoms with Gasteiger partial charge in [-0.1, -0.05) is 376 Å². The van der Waals surface area contributed by atoms with Crippen LogP contribution < -0.4 is 0 Å². The van der Waals surface area contributed by atoms with Crippen LogP contribution in [0.2, 0.25) is 0 Å². The average Bonchev–Trinajstić information content (AvgIpc) is 0.943. The van der Waals surface area contributed by atoms with E-state index in [-0.39, 0.29) is 25.7 Å². The molecule has 0 aliphatic heterocycles. The van der Waals surface area contributed by atoms with Gasteiger partial charge in [0.1, 0.15) is 19.3 Å². The molecule has 0 saturated heterocycles. The molecule has 101 heavy (non-hydrogen) atoms. The molecule has 0 aliphatic carbocycles. The van der Waals surface area contributed by atoms with Gasteiger partial charge in [-0.2, -0.15) is 0 Å². The molecule has 0 bridgehead atoms. The van der Waals surface area contributed by atoms with Gasteiger partial charge >= 0.3 is 39.5 Å². The van der Waals surface area contributed by atoms with Crippen molar-refractivity contribution in [3.63, 3.8) is 0 Å². The molecule has 0 rings (SSSR count). The molecule has 600 valence electrons. The number of phosphoric ester groups is 2. The second kappa shape index (κ2) is 72.3. The highest BCUT2D eigenvalue weighted by Crippen LogP contribution is 2.45. The van der Waals surface area contributed by atoms with Crippen molar-refractivity contribution in [2.24, 2.45) is 17.8 Å². The molecular weight excluding hydrogens is 1320 g/mol. The van der Waals surface area contributed by atoms with E-state index in [1.54, 1.807) is 0 Å². The Kier molecular flexibility index (Phi) is 70.9. The van der Waals surface area contributed by atoms with Gasteiger partial charge in [-0.25, -0.2) is 9.13 Å². The standard InChI is InChI=1S/C82H160O17P2/c1-8-11-12-13-14-15-36-41-49-56-63-79(84)93-70-78(99-82(87)66-59-52-45-44-48-55-62-75(7)10-3)72-97-101(90,91)95-68-76(83)67-94-100(88,89)96-71-77(69-92-80(85)64-57-50-42-37-32-28-24-21-20-22-26-30-34-39-46-53-60-73(4)5)98-81(86)65-58-51-43-38-33-29-25-19-17-16-18-23-27-31-35-40-47-54-61-74(6)9-2/h73-78,83H,8-72H2,1-7H3,(H,88,89)(H,90,91)/t74?,75?,76-,77-,78-/m1/s1. The van der Waals surface area contributed by atoms with Gasteiger partial charge in [-0.05, 0) is 43.4 Å². The fourth-order valence-electron chi connectivity index (χ4n) is 12.6. The monoisotopic (exact) mass is 1480 g/mol. The lowest BCUT2D eigenvalue weighted by Gasteiger charge is -2.21. The summed E-state index contributed by atoms with van der Waals surface area (Å²) in [6, 6.07) is 0. The number of hydrogen-bond donors (Lipinski definition) is 3. The molecule has 19 heteroatoms. The summed E-state index contributed by atoms with van der Waals surface area (Å²) in [6.07, 6.45) is 61.2. The van der Waals surface area contributed by atoms with Gasteiger partial charge in [0.25, 0.3) is 0 Å². The Balaban J connectivity index is 5.19. The lowest BCUT2D eigenvalue weighted by atomic mass is 9.99. The summed E-state index contributed by atoms with van der Waals surface area (Å²) in [7, 11) is -9.92. The maximum absolute atomic E-state index is 13.1. The van der Waals surface area contributed by atoms with Crippen molar-refractivity contribution in [2.75, 3.05) is 39.6 Å². The van der Waals surface area contributed by atoms with Crippen molar-refractivity contribution in [1.29, 1.82) is 0 Å². The number of aliphatic hydroxyl groups is 1. The SMILES string of the molecule is CCCCCCCCCCCCC(=O)OC[C@H](COP(=O)(O)OC[C@H](O)COP(=O)(O)OC[C@@H](COC(=O)CCCCCCCCCCCCCCCCCCC(C)C)OC(=O)CCCCCCCCCCCCCCCCCCCCC(C)CC)OC(=O)CCCCCCCCC(C)CC. The number of rotatable bonds is 80. The fourth-order valence-corrected chi connectivity index (χ4v) is 14.2. The quantitative estimate of drug-likeness (QED) is 0.0222. The molecule has 0 amide bonds. The second-order valence-electron chi connectivity index (χ2n) is 30.5. The number of phosphoric acid groups is 2. The molecule has 0 saturated carbocycles. The molecule has 0 heterocycles. The summed E-state index contributed by atoms with van der Waals surface area (Å²) in [4.78, 5) is 72.9. The Morgan fingerprint density at radius 1 is 0.287 bits per heavy atom. The molecule has 0 aromatic rings. The molecule has 0 aliphatic rings. The van der Waals surface area contributed by atoms with Gasteiger partial charge in [0.05, 0.1) is 26.4 Å². The zero-order chi connectivity index (χ0) is 74.4. The third-order valence-corrected chi connectivity index (χ3v) is 21.8. The van der Waals surface area contributed by atoms with Crippen LogP contribution in [0.5, 0.6) is 0 Å². The van der Waals surface area contributed by atoms with E-state index in [0.29, 0.717) is 25.7 Å². The van der Waals surface area contributed by atoms with Crippen molar-refractivity contribution >= 4 is 39.5 Å². The smallest absolute Gasteiger partial charge is 0.462 e. The predicted octanol–water partition coefficient (Wildman–Crippen LogP) is 24.5. The lowest BCUT2D eigenvalue weighted by Crippen LogP contribution is -2.30. The van der Waals surface area contributed by atoms with Crippen molar-refractivity contribution in [3.8, 4) is 0 Å². The second-order valence-corrected chi connectivity index (χ2v) is 33.4. The summed E-state index contributed by atoms with van der Waals surface area (Å²) in [5.41, 5.74) is 0. The molecule has 0 radical (unpaired) electrons. The van der Waals surface area contributed by atoms with E-state index in [0.717, 1.165) is 108 Å². The first-order valence-electron chi connectivity index (χ1n) is 42.4. The van der Waals surface area contributed by atoms with Gasteiger partial charge in [0.2, 0.25) is 0 Å². The maximum Gasteiger partial charge on any atom is 0.472 e. The Morgan fingerprint density at radius 3 is 0.752 bits per heavy atom. The lowest BCUT2D eigenvalue weighted by molar-refractivity contribution is -0.161. The minimum Gasteiger partial charge on any atom is -0.462 e. The summed E-state index contributed by atoms with van der Waals surface area (Å²) in [5.74, 6) is 0.290. The molecule has 0 fully saturated rings. The summed E-state index contributed by atoms with van der Waals surface area (Å²) < 4.78 is 68.7. The van der Waals surface area contributed by atoms with E-state index in [9.17, 15) is 43.2 Å². The normalized spacial score (nSPS) is 14.5. The van der Waals surface area contributed by atoms with E-state index in [1.807, 2.05) is 0 Å². The Labute approximate surface area is 619 Å². The van der Waals surface area contributed by atoms with Gasteiger partial charge in [0.15, 0.2) is 12.2 Å². The molecule has 0 aromatic carbocycles. The van der Waals surface area contributed by atoms with E-state index in [1.165, 1.54) is 238 Å². The summed E-state index contributed by atoms with van der Waals surface area (Å²) in [6.45, 7) is 12.0. The van der Waals surface area contributed by atoms with Gasteiger partial charge in [-0.15, -0.1) is 0 Å². The molecule has 3 N–H and O–H groups in total. The topological polar surface area (TPSA) is 237 Å². The Hall–Kier alpha value is -1.94. The molecular formula is C82H160O17P2. The molecule has 4 unspecified atom stereocenters. The highest BCUT2D eigenvalue weighted by molar-refractivity contribution is 7.47. The maximum atomic E-state index is 13.1. The van der Waals surface area contributed by atoms with Crippen molar-refractivity contribution in [3.05, 3.63) is 0 Å².